The third kappa shape index (κ3) is 2.97. The molecule has 0 radical (unpaired) electrons. The molecule has 2 aromatic rings. The van der Waals surface area contributed by atoms with Gasteiger partial charge in [0.25, 0.3) is 0 Å². The van der Waals surface area contributed by atoms with Gasteiger partial charge in [0.15, 0.2) is 0 Å². The summed E-state index contributed by atoms with van der Waals surface area (Å²) in [6.07, 6.45) is 3.50. The third-order valence-electron chi connectivity index (χ3n) is 5.36. The molecule has 4 nitrogen and oxygen atoms in total. The number of thiophene rings is 1. The van der Waals surface area contributed by atoms with Crippen molar-refractivity contribution >= 4 is 28.8 Å². The normalized spacial score (nSPS) is 16.7. The van der Waals surface area contributed by atoms with Gasteiger partial charge in [0, 0.05) is 24.9 Å². The van der Waals surface area contributed by atoms with E-state index in [1.54, 1.807) is 6.92 Å². The van der Waals surface area contributed by atoms with Crippen LogP contribution >= 0.6 is 11.3 Å². The van der Waals surface area contributed by atoms with Crippen LogP contribution in [0.1, 0.15) is 51.0 Å². The van der Waals surface area contributed by atoms with Gasteiger partial charge in [-0.3, -0.25) is 4.79 Å². The number of benzene rings is 1. The number of hydrogen-bond acceptors (Lipinski definition) is 3. The van der Waals surface area contributed by atoms with E-state index in [0.717, 1.165) is 49.2 Å². The number of fused-ring (bicyclic) bond motifs is 2. The van der Waals surface area contributed by atoms with E-state index in [9.17, 15) is 14.7 Å². The summed E-state index contributed by atoms with van der Waals surface area (Å²) < 4.78 is 0. The lowest BCUT2D eigenvalue weighted by atomic mass is 9.87. The van der Waals surface area contributed by atoms with E-state index in [-0.39, 0.29) is 5.91 Å². The fourth-order valence-corrected chi connectivity index (χ4v) is 5.03. The fraction of sp³-hybridized carbons (Fsp3) is 0.333. The van der Waals surface area contributed by atoms with E-state index in [1.807, 2.05) is 11.0 Å². The highest BCUT2D eigenvalue weighted by Gasteiger charge is 2.27. The zero-order valence-corrected chi connectivity index (χ0v) is 15.6. The highest BCUT2D eigenvalue weighted by molar-refractivity contribution is 7.14. The lowest BCUT2D eigenvalue weighted by Gasteiger charge is -2.29. The molecule has 1 N–H and O–H groups in total. The maximum atomic E-state index is 11.7. The number of carboxylic acids is 1. The van der Waals surface area contributed by atoms with Gasteiger partial charge < -0.3 is 10.0 Å². The molecule has 0 spiro atoms. The molecule has 134 valence electrons. The first-order valence-electron chi connectivity index (χ1n) is 8.97. The van der Waals surface area contributed by atoms with Crippen LogP contribution in [0.3, 0.4) is 0 Å². The van der Waals surface area contributed by atoms with Gasteiger partial charge in [-0.25, -0.2) is 4.79 Å². The average Bonchev–Trinajstić information content (AvgIpc) is 2.99. The van der Waals surface area contributed by atoms with E-state index in [0.29, 0.717) is 4.88 Å². The Bertz CT molecular complexity index is 915. The summed E-state index contributed by atoms with van der Waals surface area (Å²) >= 11 is 1.40. The molecule has 1 saturated heterocycles. The zero-order valence-electron chi connectivity index (χ0n) is 14.7. The summed E-state index contributed by atoms with van der Waals surface area (Å²) in [6, 6.07) is 10.3. The number of hydrogen-bond donors (Lipinski definition) is 1. The Hall–Kier alpha value is -2.40. The summed E-state index contributed by atoms with van der Waals surface area (Å²) in [5, 5.41) is 9.44. The van der Waals surface area contributed by atoms with Crippen molar-refractivity contribution in [1.82, 2.24) is 4.90 Å². The van der Waals surface area contributed by atoms with Crippen LogP contribution in [-0.4, -0.2) is 35.0 Å². The van der Waals surface area contributed by atoms with E-state index in [4.69, 9.17) is 0 Å². The van der Waals surface area contributed by atoms with E-state index >= 15 is 0 Å². The molecule has 2 aliphatic rings. The molecule has 1 aliphatic carbocycles. The molecule has 0 atom stereocenters. The van der Waals surface area contributed by atoms with Gasteiger partial charge in [-0.15, -0.1) is 11.3 Å². The van der Waals surface area contributed by atoms with Crippen molar-refractivity contribution in [2.75, 3.05) is 13.1 Å². The topological polar surface area (TPSA) is 57.6 Å². The average molecular weight is 367 g/mol. The maximum Gasteiger partial charge on any atom is 0.345 e. The third-order valence-corrected chi connectivity index (χ3v) is 6.55. The molecule has 1 aromatic carbocycles. The smallest absolute Gasteiger partial charge is 0.345 e. The number of carbonyl (C=O) groups excluding carboxylic acids is 1. The van der Waals surface area contributed by atoms with Crippen LogP contribution in [0.4, 0.5) is 0 Å². The summed E-state index contributed by atoms with van der Waals surface area (Å²) in [7, 11) is 0. The molecule has 1 aliphatic heterocycles. The summed E-state index contributed by atoms with van der Waals surface area (Å²) in [5.41, 5.74) is 6.19. The van der Waals surface area contributed by atoms with Gasteiger partial charge in [0.1, 0.15) is 4.88 Å². The number of carboxylic acid groups (broad SMARTS) is 1. The fourth-order valence-electron chi connectivity index (χ4n) is 4.03. The van der Waals surface area contributed by atoms with Crippen molar-refractivity contribution in [2.45, 2.75) is 32.6 Å². The second-order valence-corrected chi connectivity index (χ2v) is 8.03. The van der Waals surface area contributed by atoms with E-state index in [2.05, 4.69) is 24.3 Å². The Morgan fingerprint density at radius 1 is 1.04 bits per heavy atom. The zero-order chi connectivity index (χ0) is 18.3. The van der Waals surface area contributed by atoms with Crippen molar-refractivity contribution in [3.05, 3.63) is 62.3 Å². The van der Waals surface area contributed by atoms with Gasteiger partial charge in [-0.2, -0.15) is 0 Å². The summed E-state index contributed by atoms with van der Waals surface area (Å²) in [4.78, 5) is 26.6. The highest BCUT2D eigenvalue weighted by Crippen LogP contribution is 2.41. The number of piperidine rings is 1. The molecule has 1 amide bonds. The number of carbonyl (C=O) groups is 2. The number of rotatable bonds is 1. The van der Waals surface area contributed by atoms with Gasteiger partial charge in [-0.1, -0.05) is 29.8 Å². The lowest BCUT2D eigenvalue weighted by molar-refractivity contribution is -0.129. The molecule has 5 heteroatoms. The Morgan fingerprint density at radius 2 is 1.77 bits per heavy atom. The molecular weight excluding hydrogens is 346 g/mol. The van der Waals surface area contributed by atoms with Crippen molar-refractivity contribution in [3.63, 3.8) is 0 Å². The maximum absolute atomic E-state index is 11.7. The standard InChI is InChI=1S/C21H21NO3S/c1-13(23)22-10-8-15(9-11-22)20-16-5-3-2-4-14(16)6-7-18-17(20)12-19(26-18)21(24)25/h2-5,12H,6-11H2,1H3,(H,24,25). The Morgan fingerprint density at radius 3 is 2.46 bits per heavy atom. The monoisotopic (exact) mass is 367 g/mol. The minimum atomic E-state index is -0.855. The van der Waals surface area contributed by atoms with E-state index in [1.165, 1.54) is 33.6 Å². The Balaban J connectivity index is 1.86. The first kappa shape index (κ1) is 17.0. The lowest BCUT2D eigenvalue weighted by Crippen LogP contribution is -2.34. The molecule has 0 saturated carbocycles. The highest BCUT2D eigenvalue weighted by atomic mass is 32.1. The van der Waals surface area contributed by atoms with Crippen molar-refractivity contribution < 1.29 is 14.7 Å². The molecule has 0 unspecified atom stereocenters. The molecule has 26 heavy (non-hydrogen) atoms. The first-order valence-corrected chi connectivity index (χ1v) is 9.78. The molecule has 4 rings (SSSR count). The summed E-state index contributed by atoms with van der Waals surface area (Å²) in [6.45, 7) is 3.10. The molecular formula is C21H21NO3S. The quantitative estimate of drug-likeness (QED) is 0.829. The largest absolute Gasteiger partial charge is 0.477 e. The second kappa shape index (κ2) is 6.72. The first-order chi connectivity index (χ1) is 12.5. The van der Waals surface area contributed by atoms with Crippen LogP contribution in [-0.2, 0) is 17.6 Å². The van der Waals surface area contributed by atoms with Gasteiger partial charge in [0.05, 0.1) is 0 Å². The van der Waals surface area contributed by atoms with Gasteiger partial charge in [-0.05, 0) is 54.0 Å². The predicted molar refractivity (Wildman–Crippen MR) is 103 cm³/mol. The van der Waals surface area contributed by atoms with E-state index < -0.39 is 5.97 Å². The van der Waals surface area contributed by atoms with Crippen LogP contribution in [0.25, 0.3) is 5.57 Å². The number of likely N-dealkylation sites (tertiary alicyclic amines) is 1. The van der Waals surface area contributed by atoms with Crippen molar-refractivity contribution in [2.24, 2.45) is 0 Å². The minimum absolute atomic E-state index is 0.125. The van der Waals surface area contributed by atoms with Crippen LogP contribution < -0.4 is 0 Å². The molecule has 1 aromatic heterocycles. The van der Waals surface area contributed by atoms with Crippen LogP contribution in [0.5, 0.6) is 0 Å². The SMILES string of the molecule is CC(=O)N1CCC(=C2c3ccccc3CCc3sc(C(=O)O)cc32)CC1. The van der Waals surface area contributed by atoms with Crippen molar-refractivity contribution in [1.29, 1.82) is 0 Å². The van der Waals surface area contributed by atoms with Crippen molar-refractivity contribution in [3.8, 4) is 0 Å². The molecule has 2 heterocycles. The van der Waals surface area contributed by atoms with Crippen LogP contribution in [0, 0.1) is 0 Å². The van der Waals surface area contributed by atoms with Gasteiger partial charge in [0.2, 0.25) is 5.91 Å². The van der Waals surface area contributed by atoms with Crippen LogP contribution in [0.2, 0.25) is 0 Å². The summed E-state index contributed by atoms with van der Waals surface area (Å²) in [5.74, 6) is -0.730. The minimum Gasteiger partial charge on any atom is -0.477 e. The van der Waals surface area contributed by atoms with Gasteiger partial charge >= 0.3 is 5.97 Å². The number of aryl methyl sites for hydroxylation is 2. The Labute approximate surface area is 156 Å². The molecule has 1 fully saturated rings. The number of aromatic carboxylic acids is 1. The number of nitrogens with zero attached hydrogens (tertiary/aromatic N) is 1. The predicted octanol–water partition coefficient (Wildman–Crippen LogP) is 3.99. The van der Waals surface area contributed by atoms with Crippen LogP contribution in [0.15, 0.2) is 35.9 Å². The molecule has 0 bridgehead atoms. The number of amides is 1. The Kier molecular flexibility index (Phi) is 4.41. The second-order valence-electron chi connectivity index (χ2n) is 6.89.